The van der Waals surface area contributed by atoms with Crippen LogP contribution in [0.25, 0.3) is 37.8 Å². The molecule has 7 rings (SSSR count). The van der Waals surface area contributed by atoms with E-state index in [4.69, 9.17) is 4.74 Å². The number of nitrogens with zero attached hydrogens (tertiary/aromatic N) is 2. The molecule has 2 heterocycles. The number of ether oxygens (including phenoxy) is 1. The molecule has 1 unspecified atom stereocenters. The van der Waals surface area contributed by atoms with E-state index in [-0.39, 0.29) is 5.75 Å². The van der Waals surface area contributed by atoms with E-state index in [1.165, 1.54) is 21.9 Å². The van der Waals surface area contributed by atoms with Crippen LogP contribution in [0, 0.1) is 5.92 Å². The maximum absolute atomic E-state index is 11.5. The maximum atomic E-state index is 11.5. The van der Waals surface area contributed by atoms with Crippen molar-refractivity contribution in [1.29, 1.82) is 0 Å². The van der Waals surface area contributed by atoms with Crippen LogP contribution in [0.5, 0.6) is 5.75 Å². The average molecular weight is 624 g/mol. The van der Waals surface area contributed by atoms with E-state index in [9.17, 15) is 13.0 Å². The first-order valence-electron chi connectivity index (χ1n) is 15.2. The van der Waals surface area contributed by atoms with Crippen molar-refractivity contribution < 1.29 is 22.3 Å². The molecule has 8 heteroatoms. The van der Waals surface area contributed by atoms with Gasteiger partial charge in [0.1, 0.15) is 4.70 Å². The highest BCUT2D eigenvalue weighted by molar-refractivity contribution is 7.85. The fourth-order valence-electron chi connectivity index (χ4n) is 6.58. The molecule has 6 nitrogen and oxygen atoms in total. The van der Waals surface area contributed by atoms with Gasteiger partial charge < -0.3 is 9.64 Å². The number of anilines is 1. The van der Waals surface area contributed by atoms with Crippen LogP contribution < -0.4 is 14.2 Å². The van der Waals surface area contributed by atoms with Gasteiger partial charge in [-0.15, -0.1) is 0 Å². The number of aromatic nitrogens is 1. The predicted octanol–water partition coefficient (Wildman–Crippen LogP) is 8.27. The number of thiazole rings is 1. The Morgan fingerprint density at radius 1 is 1.00 bits per heavy atom. The topological polar surface area (TPSA) is 70.7 Å². The van der Waals surface area contributed by atoms with Crippen LogP contribution in [-0.2, 0) is 16.7 Å². The standard InChI is InChI=1S/C36H34N2O4S2/c1-3-37-31-22-28-10-4-5-11-29(28)23-32(31)42-34(37)20-25-17-24(2)18-26(19-25)21-35-38(15-8-16-44(39,40)41)36-30-12-7-6-9-27(30)13-14-33(36)43-35/h4-7,9-14,19-24H,3,8,15-18H2,1-2H3/p+1. The van der Waals surface area contributed by atoms with E-state index >= 15 is 0 Å². The van der Waals surface area contributed by atoms with Crippen LogP contribution in [-0.4, -0.2) is 25.3 Å². The van der Waals surface area contributed by atoms with E-state index in [1.807, 2.05) is 12.1 Å². The highest BCUT2D eigenvalue weighted by Crippen LogP contribution is 2.43. The molecule has 0 bridgehead atoms. The molecule has 224 valence electrons. The zero-order chi connectivity index (χ0) is 30.4. The van der Waals surface area contributed by atoms with Gasteiger partial charge in [0, 0.05) is 25.1 Å². The van der Waals surface area contributed by atoms with Crippen LogP contribution in [0.2, 0.25) is 0 Å². The minimum atomic E-state index is -4.03. The Morgan fingerprint density at radius 2 is 1.75 bits per heavy atom. The second kappa shape index (κ2) is 11.5. The zero-order valence-electron chi connectivity index (χ0n) is 24.9. The van der Waals surface area contributed by atoms with Gasteiger partial charge >= 0.3 is 0 Å². The van der Waals surface area contributed by atoms with Crippen LogP contribution in [0.15, 0.2) is 102 Å². The Balaban J connectivity index is 1.27. The van der Waals surface area contributed by atoms with Gasteiger partial charge in [-0.2, -0.15) is 13.0 Å². The van der Waals surface area contributed by atoms with E-state index in [1.54, 1.807) is 11.3 Å². The maximum Gasteiger partial charge on any atom is 0.265 e. The normalized spacial score (nSPS) is 18.8. The Bertz CT molecular complexity index is 2120. The van der Waals surface area contributed by atoms with Crippen LogP contribution in [0.3, 0.4) is 0 Å². The molecule has 0 amide bonds. The molecule has 1 aliphatic carbocycles. The summed E-state index contributed by atoms with van der Waals surface area (Å²) in [5.41, 5.74) is 4.67. The summed E-state index contributed by atoms with van der Waals surface area (Å²) in [5.74, 6) is 1.94. The summed E-state index contributed by atoms with van der Waals surface area (Å²) in [4.78, 5) is 2.24. The van der Waals surface area contributed by atoms with Crippen molar-refractivity contribution in [3.8, 4) is 5.75 Å². The molecule has 1 aliphatic heterocycles. The molecule has 44 heavy (non-hydrogen) atoms. The SMILES string of the molecule is CCN1C(=CC2=CC(=Cc3sc4ccc5ccccc5c4[n+]3CCCS(=O)(=O)O)CC(C)C2)Oc2cc3ccccc3cc21. The molecule has 5 aromatic rings. The van der Waals surface area contributed by atoms with E-state index in [0.717, 1.165) is 62.7 Å². The second-order valence-corrected chi connectivity index (χ2v) is 14.4. The molecule has 1 atom stereocenters. The lowest BCUT2D eigenvalue weighted by Crippen LogP contribution is -2.36. The third kappa shape index (κ3) is 5.65. The summed E-state index contributed by atoms with van der Waals surface area (Å²) < 4.78 is 42.3. The summed E-state index contributed by atoms with van der Waals surface area (Å²) in [6.45, 7) is 5.74. The van der Waals surface area contributed by atoms with Gasteiger partial charge in [0.2, 0.25) is 11.4 Å². The molecular weight excluding hydrogens is 589 g/mol. The molecule has 0 saturated heterocycles. The predicted molar refractivity (Wildman–Crippen MR) is 181 cm³/mol. The summed E-state index contributed by atoms with van der Waals surface area (Å²) in [5, 5.41) is 5.73. The first-order chi connectivity index (χ1) is 21.3. The smallest absolute Gasteiger partial charge is 0.265 e. The van der Waals surface area contributed by atoms with E-state index in [2.05, 4.69) is 102 Å². The van der Waals surface area contributed by atoms with Crippen molar-refractivity contribution in [2.75, 3.05) is 17.2 Å². The monoisotopic (exact) mass is 623 g/mol. The van der Waals surface area contributed by atoms with Crippen LogP contribution in [0.4, 0.5) is 5.69 Å². The number of benzene rings is 4. The Labute approximate surface area is 261 Å². The van der Waals surface area contributed by atoms with Crippen molar-refractivity contribution in [2.45, 2.75) is 39.7 Å². The lowest BCUT2D eigenvalue weighted by Gasteiger charge is -2.21. The highest BCUT2D eigenvalue weighted by Gasteiger charge is 2.28. The third-order valence-electron chi connectivity index (χ3n) is 8.47. The highest BCUT2D eigenvalue weighted by atomic mass is 32.2. The van der Waals surface area contributed by atoms with Crippen molar-refractivity contribution in [3.63, 3.8) is 0 Å². The first kappa shape index (κ1) is 28.8. The van der Waals surface area contributed by atoms with Crippen molar-refractivity contribution in [2.24, 2.45) is 5.92 Å². The Morgan fingerprint density at radius 3 is 2.52 bits per heavy atom. The molecule has 0 fully saturated rings. The number of hydrogen-bond donors (Lipinski definition) is 1. The number of rotatable bonds is 7. The lowest BCUT2D eigenvalue weighted by molar-refractivity contribution is -0.667. The van der Waals surface area contributed by atoms with Gasteiger partial charge in [-0.25, -0.2) is 0 Å². The fourth-order valence-corrected chi connectivity index (χ4v) is 8.25. The molecule has 2 aliphatic rings. The van der Waals surface area contributed by atoms with Gasteiger partial charge in [-0.3, -0.25) is 4.55 Å². The number of hydrogen-bond acceptors (Lipinski definition) is 5. The van der Waals surface area contributed by atoms with Gasteiger partial charge in [0.25, 0.3) is 15.1 Å². The van der Waals surface area contributed by atoms with Crippen molar-refractivity contribution in [1.82, 2.24) is 0 Å². The molecular formula is C36H35N2O4S2+. The molecule has 0 saturated carbocycles. The minimum absolute atomic E-state index is 0.265. The molecule has 0 spiro atoms. The zero-order valence-corrected chi connectivity index (χ0v) is 26.5. The summed E-state index contributed by atoms with van der Waals surface area (Å²) in [7, 11) is -4.03. The van der Waals surface area contributed by atoms with E-state index < -0.39 is 10.1 Å². The number of fused-ring (bicyclic) bond motifs is 5. The second-order valence-electron chi connectivity index (χ2n) is 11.8. The molecule has 0 radical (unpaired) electrons. The van der Waals surface area contributed by atoms with Gasteiger partial charge in [-0.05, 0) is 77.3 Å². The minimum Gasteiger partial charge on any atom is -0.439 e. The van der Waals surface area contributed by atoms with Crippen LogP contribution >= 0.6 is 11.3 Å². The molecule has 1 N–H and O–H groups in total. The average Bonchev–Trinajstić information content (AvgIpc) is 3.51. The van der Waals surface area contributed by atoms with Crippen molar-refractivity contribution in [3.05, 3.63) is 107 Å². The molecule has 1 aromatic heterocycles. The summed E-state index contributed by atoms with van der Waals surface area (Å²) >= 11 is 1.72. The first-order valence-corrected chi connectivity index (χ1v) is 17.6. The van der Waals surface area contributed by atoms with Gasteiger partial charge in [0.05, 0.1) is 16.8 Å². The third-order valence-corrected chi connectivity index (χ3v) is 10.4. The number of allylic oxidation sites excluding steroid dienone is 4. The summed E-state index contributed by atoms with van der Waals surface area (Å²) in [6.07, 6.45) is 8.99. The van der Waals surface area contributed by atoms with Gasteiger partial charge in [0.15, 0.2) is 12.3 Å². The van der Waals surface area contributed by atoms with Crippen LogP contribution in [0.1, 0.15) is 38.1 Å². The number of aryl methyl sites for hydroxylation is 1. The Kier molecular flexibility index (Phi) is 7.52. The van der Waals surface area contributed by atoms with Gasteiger partial charge in [-0.1, -0.05) is 72.9 Å². The lowest BCUT2D eigenvalue weighted by atomic mass is 9.86. The van der Waals surface area contributed by atoms with E-state index in [0.29, 0.717) is 18.9 Å². The Hall–Kier alpha value is -3.98. The molecule has 4 aromatic carbocycles. The largest absolute Gasteiger partial charge is 0.439 e. The summed E-state index contributed by atoms with van der Waals surface area (Å²) in [6, 6.07) is 25.3. The quantitative estimate of drug-likeness (QED) is 0.146. The van der Waals surface area contributed by atoms with Crippen molar-refractivity contribution >= 4 is 65.0 Å². The fraction of sp³-hybridized carbons (Fsp3) is 0.250.